The van der Waals surface area contributed by atoms with Crippen molar-refractivity contribution in [2.45, 2.75) is 51.6 Å². The molecule has 0 radical (unpaired) electrons. The fraction of sp³-hybridized carbons (Fsp3) is 0.812. The molecule has 0 unspecified atom stereocenters. The summed E-state index contributed by atoms with van der Waals surface area (Å²) in [7, 11) is 2.22. The number of hydrogen-bond acceptors (Lipinski definition) is 5. The van der Waals surface area contributed by atoms with E-state index in [0.29, 0.717) is 5.92 Å². The second-order valence-corrected chi connectivity index (χ2v) is 7.82. The van der Waals surface area contributed by atoms with Crippen LogP contribution in [0.2, 0.25) is 0 Å². The molecule has 1 saturated heterocycles. The molecule has 118 valence electrons. The summed E-state index contributed by atoms with van der Waals surface area (Å²) in [6.07, 6.45) is 3.94. The van der Waals surface area contributed by atoms with E-state index in [2.05, 4.69) is 36.0 Å². The minimum atomic E-state index is 0.514. The predicted molar refractivity (Wildman–Crippen MR) is 90.4 cm³/mol. The number of rotatable bonds is 5. The van der Waals surface area contributed by atoms with Gasteiger partial charge in [0.05, 0.1) is 5.69 Å². The number of hydrogen-bond donors (Lipinski definition) is 1. The summed E-state index contributed by atoms with van der Waals surface area (Å²) in [5.41, 5.74) is 1.31. The summed E-state index contributed by atoms with van der Waals surface area (Å²) in [6.45, 7) is 10.1. The summed E-state index contributed by atoms with van der Waals surface area (Å²) >= 11 is 1.91. The monoisotopic (exact) mass is 308 g/mol. The molecule has 5 heteroatoms. The topological polar surface area (TPSA) is 31.4 Å². The van der Waals surface area contributed by atoms with Crippen LogP contribution >= 0.6 is 11.3 Å². The van der Waals surface area contributed by atoms with Gasteiger partial charge in [-0.1, -0.05) is 13.8 Å². The van der Waals surface area contributed by atoms with E-state index in [1.54, 1.807) is 0 Å². The Morgan fingerprint density at radius 1 is 1.24 bits per heavy atom. The van der Waals surface area contributed by atoms with Gasteiger partial charge in [-0.2, -0.15) is 0 Å². The van der Waals surface area contributed by atoms with Crippen LogP contribution in [0.1, 0.15) is 49.6 Å². The zero-order chi connectivity index (χ0) is 14.8. The number of likely N-dealkylation sites (N-methyl/N-ethyl adjacent to an activating group) is 1. The largest absolute Gasteiger partial charge is 0.347 e. The van der Waals surface area contributed by atoms with Crippen molar-refractivity contribution in [1.82, 2.24) is 15.2 Å². The Morgan fingerprint density at radius 2 is 2.05 bits per heavy atom. The molecular formula is C16H28N4S. The molecular weight excluding hydrogens is 280 g/mol. The molecule has 1 aromatic rings. The SMILES string of the molecule is CC(C)c1nc(N2CCCN(C)CC2)sc1CNC1CC1. The molecule has 1 aromatic heterocycles. The van der Waals surface area contributed by atoms with Crippen molar-refractivity contribution in [3.8, 4) is 0 Å². The quantitative estimate of drug-likeness (QED) is 0.906. The molecule has 3 rings (SSSR count). The molecule has 0 bridgehead atoms. The second-order valence-electron chi connectivity index (χ2n) is 6.76. The maximum absolute atomic E-state index is 4.98. The van der Waals surface area contributed by atoms with Gasteiger partial charge >= 0.3 is 0 Å². The Hall–Kier alpha value is -0.650. The van der Waals surface area contributed by atoms with E-state index in [4.69, 9.17) is 4.98 Å². The summed E-state index contributed by atoms with van der Waals surface area (Å²) in [4.78, 5) is 11.3. The lowest BCUT2D eigenvalue weighted by molar-refractivity contribution is 0.360. The van der Waals surface area contributed by atoms with Gasteiger partial charge in [0.1, 0.15) is 0 Å². The Morgan fingerprint density at radius 3 is 2.76 bits per heavy atom. The lowest BCUT2D eigenvalue weighted by Crippen LogP contribution is -2.28. The van der Waals surface area contributed by atoms with Crippen LogP contribution in [0.15, 0.2) is 0 Å². The summed E-state index contributed by atoms with van der Waals surface area (Å²) in [5.74, 6) is 0.514. The lowest BCUT2D eigenvalue weighted by atomic mass is 10.1. The third-order valence-corrected chi connectivity index (χ3v) is 5.51. The molecule has 1 aliphatic heterocycles. The highest BCUT2D eigenvalue weighted by Gasteiger charge is 2.23. The second kappa shape index (κ2) is 6.63. The van der Waals surface area contributed by atoms with Crippen molar-refractivity contribution < 1.29 is 0 Å². The molecule has 1 saturated carbocycles. The third kappa shape index (κ3) is 3.96. The number of aromatic nitrogens is 1. The maximum atomic E-state index is 4.98. The van der Waals surface area contributed by atoms with Gasteiger partial charge in [-0.05, 0) is 38.8 Å². The van der Waals surface area contributed by atoms with Crippen molar-refractivity contribution in [3.63, 3.8) is 0 Å². The van der Waals surface area contributed by atoms with E-state index >= 15 is 0 Å². The molecule has 0 spiro atoms. The molecule has 2 aliphatic rings. The van der Waals surface area contributed by atoms with Crippen LogP contribution < -0.4 is 10.2 Å². The molecule has 0 atom stereocenters. The predicted octanol–water partition coefficient (Wildman–Crippen LogP) is 2.66. The molecule has 0 aromatic carbocycles. The van der Waals surface area contributed by atoms with Gasteiger partial charge in [0, 0.05) is 37.1 Å². The van der Waals surface area contributed by atoms with E-state index in [1.165, 1.54) is 41.5 Å². The standard InChI is InChI=1S/C16H28N4S/c1-12(2)15-14(11-17-13-5-6-13)21-16(18-15)20-8-4-7-19(3)9-10-20/h12-13,17H,4-11H2,1-3H3. The van der Waals surface area contributed by atoms with Gasteiger partial charge < -0.3 is 15.1 Å². The summed E-state index contributed by atoms with van der Waals surface area (Å²) in [6, 6.07) is 0.766. The van der Waals surface area contributed by atoms with Gasteiger partial charge in [-0.25, -0.2) is 4.98 Å². The van der Waals surface area contributed by atoms with Crippen molar-refractivity contribution in [2.24, 2.45) is 0 Å². The number of thiazole rings is 1. The summed E-state index contributed by atoms with van der Waals surface area (Å²) in [5, 5.41) is 4.89. The lowest BCUT2D eigenvalue weighted by Gasteiger charge is -2.19. The minimum absolute atomic E-state index is 0.514. The Balaban J connectivity index is 1.72. The van der Waals surface area contributed by atoms with E-state index < -0.39 is 0 Å². The van der Waals surface area contributed by atoms with Gasteiger partial charge in [-0.15, -0.1) is 11.3 Å². The van der Waals surface area contributed by atoms with Crippen LogP contribution in [0.25, 0.3) is 0 Å². The fourth-order valence-corrected chi connectivity index (χ4v) is 4.04. The van der Waals surface area contributed by atoms with Crippen LogP contribution in [0.3, 0.4) is 0 Å². The van der Waals surface area contributed by atoms with E-state index in [1.807, 2.05) is 11.3 Å². The summed E-state index contributed by atoms with van der Waals surface area (Å²) < 4.78 is 0. The molecule has 21 heavy (non-hydrogen) atoms. The van der Waals surface area contributed by atoms with E-state index in [-0.39, 0.29) is 0 Å². The minimum Gasteiger partial charge on any atom is -0.347 e. The van der Waals surface area contributed by atoms with Crippen LogP contribution in [0, 0.1) is 0 Å². The van der Waals surface area contributed by atoms with Crippen molar-refractivity contribution in [1.29, 1.82) is 0 Å². The first kappa shape index (κ1) is 15.3. The Kier molecular flexibility index (Phi) is 4.82. The van der Waals surface area contributed by atoms with E-state index in [0.717, 1.165) is 32.2 Å². The van der Waals surface area contributed by atoms with Crippen LogP contribution in [0.4, 0.5) is 5.13 Å². The van der Waals surface area contributed by atoms with Gasteiger partial charge in [0.2, 0.25) is 0 Å². The van der Waals surface area contributed by atoms with Crippen molar-refractivity contribution >= 4 is 16.5 Å². The van der Waals surface area contributed by atoms with Crippen LogP contribution in [-0.2, 0) is 6.54 Å². The first-order valence-electron chi connectivity index (χ1n) is 8.30. The smallest absolute Gasteiger partial charge is 0.185 e. The molecule has 2 heterocycles. The fourth-order valence-electron chi connectivity index (χ4n) is 2.83. The molecule has 1 aliphatic carbocycles. The highest BCUT2D eigenvalue weighted by atomic mass is 32.1. The third-order valence-electron chi connectivity index (χ3n) is 4.38. The first-order chi connectivity index (χ1) is 10.1. The number of anilines is 1. The zero-order valence-corrected chi connectivity index (χ0v) is 14.4. The van der Waals surface area contributed by atoms with Gasteiger partial charge in [0.15, 0.2) is 5.13 Å². The highest BCUT2D eigenvalue weighted by Crippen LogP contribution is 2.32. The average molecular weight is 308 g/mol. The molecule has 2 fully saturated rings. The van der Waals surface area contributed by atoms with Crippen molar-refractivity contribution in [3.05, 3.63) is 10.6 Å². The van der Waals surface area contributed by atoms with Gasteiger partial charge in [-0.3, -0.25) is 0 Å². The number of nitrogens with zero attached hydrogens (tertiary/aromatic N) is 3. The van der Waals surface area contributed by atoms with Gasteiger partial charge in [0.25, 0.3) is 0 Å². The Bertz CT molecular complexity index is 467. The zero-order valence-electron chi connectivity index (χ0n) is 13.6. The number of nitrogens with one attached hydrogen (secondary N) is 1. The van der Waals surface area contributed by atoms with Crippen molar-refractivity contribution in [2.75, 3.05) is 38.1 Å². The average Bonchev–Trinajstić information content (AvgIpc) is 3.21. The van der Waals surface area contributed by atoms with E-state index in [9.17, 15) is 0 Å². The molecule has 1 N–H and O–H groups in total. The van der Waals surface area contributed by atoms with Crippen LogP contribution in [-0.4, -0.2) is 49.2 Å². The first-order valence-corrected chi connectivity index (χ1v) is 9.11. The molecule has 0 amide bonds. The van der Waals surface area contributed by atoms with Crippen LogP contribution in [0.5, 0.6) is 0 Å². The normalized spacial score (nSPS) is 21.0. The molecule has 4 nitrogen and oxygen atoms in total. The Labute approximate surface area is 132 Å². The maximum Gasteiger partial charge on any atom is 0.185 e. The highest BCUT2D eigenvalue weighted by molar-refractivity contribution is 7.15.